The summed E-state index contributed by atoms with van der Waals surface area (Å²) in [5.74, 6) is -0.579. The van der Waals surface area contributed by atoms with Crippen LogP contribution in [-0.2, 0) is 23.7 Å². The van der Waals surface area contributed by atoms with E-state index in [-0.39, 0.29) is 48.5 Å². The number of piperidine rings is 1. The summed E-state index contributed by atoms with van der Waals surface area (Å²) in [7, 11) is -4.68. The minimum Gasteiger partial charge on any atom is -0.448 e. The summed E-state index contributed by atoms with van der Waals surface area (Å²) in [6, 6.07) is 4.32. The van der Waals surface area contributed by atoms with Gasteiger partial charge in [-0.05, 0) is 60.3 Å². The van der Waals surface area contributed by atoms with Crippen molar-refractivity contribution in [3.8, 4) is 5.75 Å². The van der Waals surface area contributed by atoms with Crippen LogP contribution in [0.3, 0.4) is 0 Å². The number of nitrogens with one attached hydrogen (secondary N) is 2. The van der Waals surface area contributed by atoms with Crippen molar-refractivity contribution >= 4 is 37.2 Å². The lowest BCUT2D eigenvalue weighted by atomic mass is 10.0. The second kappa shape index (κ2) is 12.8. The third kappa shape index (κ3) is 8.30. The highest BCUT2D eigenvalue weighted by atomic mass is 31.2. The lowest BCUT2D eigenvalue weighted by Crippen LogP contribution is -2.55. The number of carbonyl (C=O) groups excluding carboxylic acids is 4. The van der Waals surface area contributed by atoms with Gasteiger partial charge in [0, 0.05) is 12.6 Å². The molecule has 4 amide bonds. The van der Waals surface area contributed by atoms with E-state index in [1.54, 1.807) is 24.0 Å². The zero-order valence-electron chi connectivity index (χ0n) is 22.9. The molecule has 1 aromatic carbocycles. The molecule has 2 aliphatic rings. The Bertz CT molecular complexity index is 1200. The van der Waals surface area contributed by atoms with Crippen molar-refractivity contribution in [1.82, 2.24) is 15.5 Å². The fourth-order valence-electron chi connectivity index (χ4n) is 5.21. The predicted octanol–water partition coefficient (Wildman–Crippen LogP) is 1.40. The van der Waals surface area contributed by atoms with Crippen LogP contribution < -0.4 is 20.9 Å². The van der Waals surface area contributed by atoms with Gasteiger partial charge in [0.25, 0.3) is 0 Å². The highest BCUT2D eigenvalue weighted by molar-refractivity contribution is 7.46. The topological polar surface area (TPSA) is 198 Å². The average molecular weight is 581 g/mol. The molecule has 13 nitrogen and oxygen atoms in total. The molecule has 0 unspecified atom stereocenters. The molecule has 1 saturated carbocycles. The number of primary amides is 1. The van der Waals surface area contributed by atoms with Crippen LogP contribution in [0.1, 0.15) is 39.7 Å². The van der Waals surface area contributed by atoms with E-state index >= 15 is 0 Å². The van der Waals surface area contributed by atoms with E-state index in [4.69, 9.17) is 15.5 Å². The van der Waals surface area contributed by atoms with Gasteiger partial charge in [0.15, 0.2) is 0 Å². The zero-order valence-corrected chi connectivity index (χ0v) is 23.8. The number of allylic oxidation sites excluding steroid dienone is 1. The predicted molar refractivity (Wildman–Crippen MR) is 144 cm³/mol. The Kier molecular flexibility index (Phi) is 9.99. The second-order valence-electron chi connectivity index (χ2n) is 10.6. The van der Waals surface area contributed by atoms with E-state index in [9.17, 15) is 23.7 Å². The van der Waals surface area contributed by atoms with Gasteiger partial charge in [0.1, 0.15) is 24.4 Å². The van der Waals surface area contributed by atoms with Crippen LogP contribution in [0.2, 0.25) is 0 Å². The molecule has 0 aromatic heterocycles. The summed E-state index contributed by atoms with van der Waals surface area (Å²) in [5.41, 5.74) is 6.12. The molecule has 6 N–H and O–H groups in total. The van der Waals surface area contributed by atoms with E-state index in [0.717, 1.165) is 0 Å². The van der Waals surface area contributed by atoms with Gasteiger partial charge in [-0.15, -0.1) is 0 Å². The number of fused-ring (bicyclic) bond motifs is 1. The molecular weight excluding hydrogens is 543 g/mol. The number of likely N-dealkylation sites (tertiary alicyclic amines) is 1. The summed E-state index contributed by atoms with van der Waals surface area (Å²) in [5, 5.41) is 5.50. The van der Waals surface area contributed by atoms with Gasteiger partial charge in [-0.2, -0.15) is 0 Å². The van der Waals surface area contributed by atoms with Crippen molar-refractivity contribution in [2.45, 2.75) is 46.2 Å². The number of phosphoric ester groups is 1. The molecule has 1 saturated heterocycles. The Morgan fingerprint density at radius 2 is 1.85 bits per heavy atom. The van der Waals surface area contributed by atoms with Crippen LogP contribution in [0.25, 0.3) is 5.57 Å². The molecule has 1 aromatic rings. The van der Waals surface area contributed by atoms with Gasteiger partial charge in [-0.1, -0.05) is 32.9 Å². The summed E-state index contributed by atoms with van der Waals surface area (Å²) in [6.45, 7) is 8.00. The van der Waals surface area contributed by atoms with Gasteiger partial charge in [0.05, 0.1) is 6.54 Å². The SMILES string of the molecule is C/C(=C\C(=O)N[C@@H](CC(C)C)C(=O)N1C[C@H]2[C@@H](C)[C@H]2[C@H]1C(=O)NCCOC(N)=O)c1ccc(OP(=O)(O)O)cc1. The maximum absolute atomic E-state index is 13.7. The molecule has 14 heteroatoms. The van der Waals surface area contributed by atoms with E-state index in [1.165, 1.54) is 18.2 Å². The Balaban J connectivity index is 1.69. The maximum atomic E-state index is 13.7. The quantitative estimate of drug-likeness (QED) is 0.138. The van der Waals surface area contributed by atoms with Crippen molar-refractivity contribution in [2.75, 3.05) is 19.7 Å². The third-order valence-corrected chi connectivity index (χ3v) is 7.59. The number of hydrogen-bond acceptors (Lipinski definition) is 7. The van der Waals surface area contributed by atoms with Crippen LogP contribution in [0.5, 0.6) is 5.75 Å². The highest BCUT2D eigenvalue weighted by Gasteiger charge is 2.62. The van der Waals surface area contributed by atoms with E-state index in [0.29, 0.717) is 30.0 Å². The van der Waals surface area contributed by atoms with Crippen molar-refractivity contribution in [1.29, 1.82) is 0 Å². The van der Waals surface area contributed by atoms with Crippen LogP contribution in [0.15, 0.2) is 30.3 Å². The minimum absolute atomic E-state index is 0.0195. The molecule has 40 heavy (non-hydrogen) atoms. The average Bonchev–Trinajstić information content (AvgIpc) is 3.28. The molecule has 1 aliphatic heterocycles. The largest absolute Gasteiger partial charge is 0.524 e. The molecule has 5 atom stereocenters. The number of amides is 4. The number of benzene rings is 1. The number of phosphoric acid groups is 1. The normalized spacial score (nSPS) is 22.8. The molecule has 0 spiro atoms. The van der Waals surface area contributed by atoms with Gasteiger partial charge in [0.2, 0.25) is 17.7 Å². The number of hydrogen-bond donors (Lipinski definition) is 5. The molecule has 0 radical (unpaired) electrons. The lowest BCUT2D eigenvalue weighted by molar-refractivity contribution is -0.142. The van der Waals surface area contributed by atoms with Gasteiger partial charge < -0.3 is 30.5 Å². The molecular formula is C26H37N4O9P. The summed E-state index contributed by atoms with van der Waals surface area (Å²) < 4.78 is 20.2. The van der Waals surface area contributed by atoms with Crippen molar-refractivity contribution in [3.63, 3.8) is 0 Å². The minimum atomic E-state index is -4.68. The maximum Gasteiger partial charge on any atom is 0.524 e. The van der Waals surface area contributed by atoms with Gasteiger partial charge >= 0.3 is 13.9 Å². The fourth-order valence-corrected chi connectivity index (χ4v) is 5.61. The number of carbonyl (C=O) groups is 4. The fraction of sp³-hybridized carbons (Fsp3) is 0.538. The number of ether oxygens (including phenoxy) is 1. The monoisotopic (exact) mass is 580 g/mol. The Morgan fingerprint density at radius 1 is 1.20 bits per heavy atom. The Morgan fingerprint density at radius 3 is 2.42 bits per heavy atom. The molecule has 220 valence electrons. The Hall–Kier alpha value is -3.41. The van der Waals surface area contributed by atoms with E-state index < -0.39 is 31.9 Å². The number of nitrogens with two attached hydrogens (primary N) is 1. The van der Waals surface area contributed by atoms with Crippen molar-refractivity contribution in [2.24, 2.45) is 29.4 Å². The first-order valence-electron chi connectivity index (χ1n) is 13.0. The smallest absolute Gasteiger partial charge is 0.448 e. The summed E-state index contributed by atoms with van der Waals surface area (Å²) in [4.78, 5) is 69.8. The lowest BCUT2D eigenvalue weighted by Gasteiger charge is -2.32. The van der Waals surface area contributed by atoms with E-state index in [1.807, 2.05) is 20.8 Å². The van der Waals surface area contributed by atoms with Crippen molar-refractivity contribution in [3.05, 3.63) is 35.9 Å². The first-order chi connectivity index (χ1) is 18.7. The van der Waals surface area contributed by atoms with Gasteiger partial charge in [-0.25, -0.2) is 9.36 Å². The second-order valence-corrected chi connectivity index (χ2v) is 11.8. The molecule has 1 aliphatic carbocycles. The van der Waals surface area contributed by atoms with Crippen LogP contribution in [0, 0.1) is 23.7 Å². The van der Waals surface area contributed by atoms with E-state index in [2.05, 4.69) is 19.9 Å². The van der Waals surface area contributed by atoms with Crippen LogP contribution in [0.4, 0.5) is 4.79 Å². The first kappa shape index (κ1) is 31.1. The number of rotatable bonds is 12. The molecule has 0 bridgehead atoms. The highest BCUT2D eigenvalue weighted by Crippen LogP contribution is 2.55. The number of nitrogens with zero attached hydrogens (tertiary/aromatic N) is 1. The standard InChI is InChI=1S/C26H37N4O9P/c1-14(2)11-20(29-21(31)12-15(3)17-5-7-18(8-6-17)39-40(35,36)37)25(33)30-13-19-16(4)22(19)23(30)24(32)28-9-10-38-26(27)34/h5-8,12,14,16,19-20,22-23H,9-11,13H2,1-4H3,(H2,27,34)(H,28,32)(H,29,31)(H2,35,36,37)/b15-12+/t16-,19+,20+,22-,23+/m1/s1. The van der Waals surface area contributed by atoms with Crippen molar-refractivity contribution < 1.29 is 42.8 Å². The molecule has 1 heterocycles. The third-order valence-electron chi connectivity index (χ3n) is 7.14. The first-order valence-corrected chi connectivity index (χ1v) is 14.6. The van der Waals surface area contributed by atoms with Crippen LogP contribution in [-0.4, -0.2) is 70.3 Å². The van der Waals surface area contributed by atoms with Crippen LogP contribution >= 0.6 is 7.82 Å². The van der Waals surface area contributed by atoms with Gasteiger partial charge in [-0.3, -0.25) is 24.2 Å². The molecule has 2 fully saturated rings. The zero-order chi connectivity index (χ0) is 29.8. The Labute approximate surface area is 232 Å². The summed E-state index contributed by atoms with van der Waals surface area (Å²) >= 11 is 0. The summed E-state index contributed by atoms with van der Waals surface area (Å²) in [6.07, 6.45) is 0.769. The molecule has 3 rings (SSSR count).